The Labute approximate surface area is 179 Å². The highest BCUT2D eigenvalue weighted by atomic mass is 35.5. The molecule has 3 aromatic rings. The van der Waals surface area contributed by atoms with E-state index in [4.69, 9.17) is 16.3 Å². The molecular formula is C23H20ClNO3S. The molecule has 0 aliphatic rings. The summed E-state index contributed by atoms with van der Waals surface area (Å²) in [6.45, 7) is 2.02. The summed E-state index contributed by atoms with van der Waals surface area (Å²) in [4.78, 5) is 25.5. The van der Waals surface area contributed by atoms with E-state index < -0.39 is 5.97 Å². The first-order valence-electron chi connectivity index (χ1n) is 9.11. The number of hydrogen-bond donors (Lipinski definition) is 1. The molecule has 0 atom stereocenters. The van der Waals surface area contributed by atoms with Crippen molar-refractivity contribution in [3.05, 3.63) is 94.5 Å². The molecule has 0 fully saturated rings. The van der Waals surface area contributed by atoms with Crippen LogP contribution in [0.25, 0.3) is 0 Å². The van der Waals surface area contributed by atoms with Gasteiger partial charge in [-0.25, -0.2) is 4.79 Å². The molecule has 1 N–H and O–H groups in total. The molecule has 148 valence electrons. The number of anilines is 1. The molecular weight excluding hydrogens is 406 g/mol. The van der Waals surface area contributed by atoms with E-state index in [1.165, 1.54) is 11.0 Å². The molecule has 0 aliphatic carbocycles. The van der Waals surface area contributed by atoms with Crippen molar-refractivity contribution in [2.24, 2.45) is 0 Å². The first-order chi connectivity index (χ1) is 14.1. The molecule has 6 heteroatoms. The first kappa shape index (κ1) is 21.0. The molecule has 0 aromatic heterocycles. The molecule has 1 amide bonds. The lowest BCUT2D eigenvalue weighted by molar-refractivity contribution is 0.0526. The molecule has 0 aliphatic heterocycles. The maximum atomic E-state index is 12.5. The van der Waals surface area contributed by atoms with Gasteiger partial charge in [0.25, 0.3) is 5.91 Å². The Morgan fingerprint density at radius 3 is 2.31 bits per heavy atom. The summed E-state index contributed by atoms with van der Waals surface area (Å²) in [5.74, 6) is 0.113. The zero-order valence-electron chi connectivity index (χ0n) is 15.9. The van der Waals surface area contributed by atoms with Gasteiger partial charge in [0.15, 0.2) is 0 Å². The molecule has 0 bridgehead atoms. The van der Waals surface area contributed by atoms with Gasteiger partial charge in [-0.05, 0) is 55.0 Å². The quantitative estimate of drug-likeness (QED) is 0.369. The molecule has 29 heavy (non-hydrogen) atoms. The second-order valence-electron chi connectivity index (χ2n) is 6.17. The normalized spacial score (nSPS) is 10.4. The minimum atomic E-state index is -0.448. The maximum absolute atomic E-state index is 12.5. The van der Waals surface area contributed by atoms with Crippen molar-refractivity contribution in [3.8, 4) is 0 Å². The van der Waals surface area contributed by atoms with Gasteiger partial charge in [-0.3, -0.25) is 4.79 Å². The largest absolute Gasteiger partial charge is 0.462 e. The lowest BCUT2D eigenvalue weighted by atomic mass is 10.1. The van der Waals surface area contributed by atoms with E-state index >= 15 is 0 Å². The van der Waals surface area contributed by atoms with Gasteiger partial charge >= 0.3 is 5.97 Å². The standard InChI is InChI=1S/C23H20ClNO3S/c1-2-28-23(27)18-12-13-21(20(24)14-18)25-22(26)17-10-8-16(9-11-17)15-29-19-6-4-3-5-7-19/h3-14H,2,15H2,1H3,(H,25,26). The van der Waals surface area contributed by atoms with E-state index in [2.05, 4.69) is 17.4 Å². The molecule has 0 saturated carbocycles. The number of rotatable bonds is 7. The minimum Gasteiger partial charge on any atom is -0.462 e. The van der Waals surface area contributed by atoms with Gasteiger partial charge < -0.3 is 10.1 Å². The molecule has 0 unspecified atom stereocenters. The summed E-state index contributed by atoms with van der Waals surface area (Å²) < 4.78 is 4.95. The Bertz CT molecular complexity index is 991. The number of nitrogens with one attached hydrogen (secondary N) is 1. The molecule has 3 aromatic carbocycles. The van der Waals surface area contributed by atoms with Gasteiger partial charge in [0.1, 0.15) is 0 Å². The van der Waals surface area contributed by atoms with Gasteiger partial charge in [0, 0.05) is 16.2 Å². The van der Waals surface area contributed by atoms with Crippen molar-refractivity contribution >= 4 is 40.9 Å². The van der Waals surface area contributed by atoms with Gasteiger partial charge in [-0.1, -0.05) is 41.9 Å². The lowest BCUT2D eigenvalue weighted by Crippen LogP contribution is -2.12. The van der Waals surface area contributed by atoms with Crippen molar-refractivity contribution in [3.63, 3.8) is 0 Å². The van der Waals surface area contributed by atoms with E-state index in [1.807, 2.05) is 30.3 Å². The smallest absolute Gasteiger partial charge is 0.338 e. The van der Waals surface area contributed by atoms with Crippen LogP contribution in [0.1, 0.15) is 33.2 Å². The van der Waals surface area contributed by atoms with Gasteiger partial charge in [0.2, 0.25) is 0 Å². The van der Waals surface area contributed by atoms with E-state index in [9.17, 15) is 9.59 Å². The predicted octanol–water partition coefficient (Wildman–Crippen LogP) is 6.06. The van der Waals surface area contributed by atoms with E-state index in [-0.39, 0.29) is 17.5 Å². The average molecular weight is 426 g/mol. The second kappa shape index (κ2) is 10.1. The summed E-state index contributed by atoms with van der Waals surface area (Å²) in [5.41, 5.74) is 2.44. The Kier molecular flexibility index (Phi) is 7.33. The van der Waals surface area contributed by atoms with E-state index in [0.29, 0.717) is 16.8 Å². The third-order valence-electron chi connectivity index (χ3n) is 4.09. The lowest BCUT2D eigenvalue weighted by Gasteiger charge is -2.09. The summed E-state index contributed by atoms with van der Waals surface area (Å²) in [6.07, 6.45) is 0. The Morgan fingerprint density at radius 2 is 1.66 bits per heavy atom. The summed E-state index contributed by atoms with van der Waals surface area (Å²) >= 11 is 7.95. The number of benzene rings is 3. The van der Waals surface area contributed by atoms with Crippen LogP contribution in [-0.2, 0) is 10.5 Å². The van der Waals surface area contributed by atoms with Crippen molar-refractivity contribution in [2.45, 2.75) is 17.6 Å². The molecule has 0 heterocycles. The number of hydrogen-bond acceptors (Lipinski definition) is 4. The SMILES string of the molecule is CCOC(=O)c1ccc(NC(=O)c2ccc(CSc3ccccc3)cc2)c(Cl)c1. The summed E-state index contributed by atoms with van der Waals surface area (Å²) in [7, 11) is 0. The topological polar surface area (TPSA) is 55.4 Å². The van der Waals surface area contributed by atoms with Crippen LogP contribution in [-0.4, -0.2) is 18.5 Å². The number of amides is 1. The van der Waals surface area contributed by atoms with Gasteiger partial charge in [0.05, 0.1) is 22.9 Å². The van der Waals surface area contributed by atoms with Crippen LogP contribution in [0, 0.1) is 0 Å². The molecule has 0 saturated heterocycles. The van der Waals surface area contributed by atoms with Crippen LogP contribution in [0.3, 0.4) is 0 Å². The average Bonchev–Trinajstić information content (AvgIpc) is 2.75. The van der Waals surface area contributed by atoms with Gasteiger partial charge in [-0.2, -0.15) is 0 Å². The Balaban J connectivity index is 1.61. The number of carbonyl (C=O) groups is 2. The molecule has 3 rings (SSSR count). The van der Waals surface area contributed by atoms with E-state index in [1.54, 1.807) is 43.0 Å². The third kappa shape index (κ3) is 5.86. The van der Waals surface area contributed by atoms with Crippen LogP contribution in [0.5, 0.6) is 0 Å². The monoisotopic (exact) mass is 425 g/mol. The van der Waals surface area contributed by atoms with Crippen molar-refractivity contribution in [2.75, 3.05) is 11.9 Å². The number of esters is 1. The fourth-order valence-corrected chi connectivity index (χ4v) is 3.69. The van der Waals surface area contributed by atoms with Crippen LogP contribution in [0.4, 0.5) is 5.69 Å². The minimum absolute atomic E-state index is 0.266. The van der Waals surface area contributed by atoms with Crippen molar-refractivity contribution < 1.29 is 14.3 Å². The highest BCUT2D eigenvalue weighted by Gasteiger charge is 2.12. The summed E-state index contributed by atoms with van der Waals surface area (Å²) in [5, 5.41) is 3.05. The van der Waals surface area contributed by atoms with Crippen LogP contribution in [0.15, 0.2) is 77.7 Å². The van der Waals surface area contributed by atoms with Crippen LogP contribution in [0.2, 0.25) is 5.02 Å². The highest BCUT2D eigenvalue weighted by Crippen LogP contribution is 2.25. The number of halogens is 1. The van der Waals surface area contributed by atoms with E-state index in [0.717, 1.165) is 11.3 Å². The fourth-order valence-electron chi connectivity index (χ4n) is 2.59. The van der Waals surface area contributed by atoms with Crippen LogP contribution < -0.4 is 5.32 Å². The van der Waals surface area contributed by atoms with Crippen LogP contribution >= 0.6 is 23.4 Å². The summed E-state index contributed by atoms with van der Waals surface area (Å²) in [6, 6.07) is 22.3. The molecule has 4 nitrogen and oxygen atoms in total. The third-order valence-corrected chi connectivity index (χ3v) is 5.49. The maximum Gasteiger partial charge on any atom is 0.338 e. The zero-order valence-corrected chi connectivity index (χ0v) is 17.4. The van der Waals surface area contributed by atoms with Crippen molar-refractivity contribution in [1.82, 2.24) is 0 Å². The first-order valence-corrected chi connectivity index (χ1v) is 10.5. The van der Waals surface area contributed by atoms with Crippen molar-refractivity contribution in [1.29, 1.82) is 0 Å². The Hall–Kier alpha value is -2.76. The highest BCUT2D eigenvalue weighted by molar-refractivity contribution is 7.98. The Morgan fingerprint density at radius 1 is 0.966 bits per heavy atom. The second-order valence-corrected chi connectivity index (χ2v) is 7.62. The van der Waals surface area contributed by atoms with Gasteiger partial charge in [-0.15, -0.1) is 11.8 Å². The molecule has 0 spiro atoms. The number of ether oxygens (including phenoxy) is 1. The zero-order chi connectivity index (χ0) is 20.6. The number of thioether (sulfide) groups is 1. The number of carbonyl (C=O) groups excluding carboxylic acids is 2. The molecule has 0 radical (unpaired) electrons. The fraction of sp³-hybridized carbons (Fsp3) is 0.130. The predicted molar refractivity (Wildman–Crippen MR) is 118 cm³/mol.